The Hall–Kier alpha value is -1.71. The molecule has 0 aliphatic heterocycles. The summed E-state index contributed by atoms with van der Waals surface area (Å²) in [6.07, 6.45) is 2.04. The van der Waals surface area contributed by atoms with Crippen LogP contribution in [0.15, 0.2) is 0 Å². The number of aliphatic hydroxyl groups excluding tert-OH is 1. The second-order valence-corrected chi connectivity index (χ2v) is 9.21. The molecule has 1 atom stereocenters. The summed E-state index contributed by atoms with van der Waals surface area (Å²) in [6.45, 7) is 17.5. The van der Waals surface area contributed by atoms with Crippen LogP contribution in [0.1, 0.15) is 74.7 Å². The van der Waals surface area contributed by atoms with Gasteiger partial charge in [-0.2, -0.15) is 0 Å². The SMILES string of the molecule is CCO.CNNC(=O)CC(C)OCCC(C)(C)C(=O)NCC(C)(C)CC(C)C.NC=O. The molecule has 0 aromatic rings. The minimum Gasteiger partial charge on any atom is -0.397 e. The van der Waals surface area contributed by atoms with Gasteiger partial charge in [0.15, 0.2) is 0 Å². The Kier molecular flexibility index (Phi) is 20.8. The number of carbonyl (C=O) groups excluding carboxylic acids is 3. The maximum atomic E-state index is 12.5. The van der Waals surface area contributed by atoms with Crippen LogP contribution < -0.4 is 21.9 Å². The molecule has 0 fully saturated rings. The second-order valence-electron chi connectivity index (χ2n) is 9.21. The first kappa shape index (κ1) is 33.9. The van der Waals surface area contributed by atoms with Crippen LogP contribution in [0.25, 0.3) is 0 Å². The molecule has 0 radical (unpaired) electrons. The van der Waals surface area contributed by atoms with Gasteiger partial charge in [-0.3, -0.25) is 19.8 Å². The summed E-state index contributed by atoms with van der Waals surface area (Å²) in [5, 5.41) is 10.7. The zero-order chi connectivity index (χ0) is 25.1. The van der Waals surface area contributed by atoms with Gasteiger partial charge >= 0.3 is 0 Å². The van der Waals surface area contributed by atoms with E-state index in [2.05, 4.69) is 49.6 Å². The molecule has 0 rings (SSSR count). The van der Waals surface area contributed by atoms with Gasteiger partial charge in [-0.25, -0.2) is 5.43 Å². The third-order valence-electron chi connectivity index (χ3n) is 4.17. The lowest BCUT2D eigenvalue weighted by Gasteiger charge is -2.30. The summed E-state index contributed by atoms with van der Waals surface area (Å²) >= 11 is 0. The average Bonchev–Trinajstić information content (AvgIpc) is 2.60. The molecule has 9 heteroatoms. The zero-order valence-electron chi connectivity index (χ0n) is 21.1. The predicted octanol–water partition coefficient (Wildman–Crippen LogP) is 1.74. The van der Waals surface area contributed by atoms with Crippen molar-refractivity contribution in [3.8, 4) is 0 Å². The number of nitrogens with one attached hydrogen (secondary N) is 3. The number of nitrogens with two attached hydrogens (primary N) is 1. The van der Waals surface area contributed by atoms with E-state index in [0.29, 0.717) is 25.5 Å². The number of ether oxygens (including phenoxy) is 1. The van der Waals surface area contributed by atoms with E-state index >= 15 is 0 Å². The van der Waals surface area contributed by atoms with Gasteiger partial charge in [0, 0.05) is 32.2 Å². The number of aliphatic hydroxyl groups is 1. The van der Waals surface area contributed by atoms with Crippen molar-refractivity contribution in [1.82, 2.24) is 16.2 Å². The lowest BCUT2D eigenvalue weighted by molar-refractivity contribution is -0.132. The molecule has 9 nitrogen and oxygen atoms in total. The summed E-state index contributed by atoms with van der Waals surface area (Å²) in [7, 11) is 1.65. The molecule has 0 aliphatic rings. The number of amides is 3. The van der Waals surface area contributed by atoms with E-state index in [-0.39, 0.29) is 42.8 Å². The molecule has 0 heterocycles. The minimum atomic E-state index is -0.499. The van der Waals surface area contributed by atoms with Crippen molar-refractivity contribution < 1.29 is 24.2 Å². The molecule has 0 aromatic heterocycles. The van der Waals surface area contributed by atoms with Crippen LogP contribution in [0.2, 0.25) is 0 Å². The lowest BCUT2D eigenvalue weighted by Crippen LogP contribution is -2.42. The van der Waals surface area contributed by atoms with Gasteiger partial charge in [0.25, 0.3) is 0 Å². The fraction of sp³-hybridized carbons (Fsp3) is 0.864. The summed E-state index contributed by atoms with van der Waals surface area (Å²) in [5.74, 6) is 0.544. The highest BCUT2D eigenvalue weighted by molar-refractivity contribution is 5.81. The van der Waals surface area contributed by atoms with E-state index in [0.717, 1.165) is 6.42 Å². The number of hydrazine groups is 1. The lowest BCUT2D eigenvalue weighted by atomic mass is 9.83. The van der Waals surface area contributed by atoms with E-state index in [1.54, 1.807) is 14.0 Å². The summed E-state index contributed by atoms with van der Waals surface area (Å²) in [5.41, 5.74) is 8.87. The van der Waals surface area contributed by atoms with Gasteiger partial charge in [0.1, 0.15) is 0 Å². The van der Waals surface area contributed by atoms with Crippen LogP contribution in [0.4, 0.5) is 0 Å². The molecule has 0 saturated heterocycles. The molecule has 0 bridgehead atoms. The first-order valence-corrected chi connectivity index (χ1v) is 10.8. The summed E-state index contributed by atoms with van der Waals surface area (Å²) < 4.78 is 5.67. The standard InChI is InChI=1S/C19H39N3O3.C2H6O.CH3NO/c1-14(2)12-18(4,5)13-21-17(24)19(6,7)9-10-25-15(3)11-16(23)22-20-8;1-2-3;2-1-3/h14-15,20H,9-13H2,1-8H3,(H,21,24)(H,22,23);3H,2H2,1H3;1H,(H2,2,3). The number of hydrogen-bond donors (Lipinski definition) is 5. The molecular formula is C22H48N4O5. The van der Waals surface area contributed by atoms with Crippen LogP contribution in [0, 0.1) is 16.7 Å². The van der Waals surface area contributed by atoms with Crippen molar-refractivity contribution in [2.75, 3.05) is 26.8 Å². The van der Waals surface area contributed by atoms with Crippen molar-refractivity contribution in [3.63, 3.8) is 0 Å². The molecular weight excluding hydrogens is 400 g/mol. The average molecular weight is 449 g/mol. The van der Waals surface area contributed by atoms with Crippen molar-refractivity contribution in [1.29, 1.82) is 0 Å². The van der Waals surface area contributed by atoms with Crippen LogP contribution >= 0.6 is 0 Å². The maximum absolute atomic E-state index is 12.5. The third kappa shape index (κ3) is 22.8. The van der Waals surface area contributed by atoms with E-state index in [1.165, 1.54) is 0 Å². The monoisotopic (exact) mass is 448 g/mol. The predicted molar refractivity (Wildman–Crippen MR) is 125 cm³/mol. The van der Waals surface area contributed by atoms with Crippen molar-refractivity contribution in [2.45, 2.75) is 80.8 Å². The van der Waals surface area contributed by atoms with E-state index in [9.17, 15) is 9.59 Å². The van der Waals surface area contributed by atoms with Crippen LogP contribution in [0.5, 0.6) is 0 Å². The van der Waals surface area contributed by atoms with Gasteiger partial charge in [-0.05, 0) is 38.0 Å². The van der Waals surface area contributed by atoms with Gasteiger partial charge in [0.05, 0.1) is 12.5 Å². The largest absolute Gasteiger partial charge is 0.397 e. The minimum absolute atomic E-state index is 0.0495. The third-order valence-corrected chi connectivity index (χ3v) is 4.17. The highest BCUT2D eigenvalue weighted by Gasteiger charge is 2.29. The first-order valence-electron chi connectivity index (χ1n) is 10.8. The normalized spacial score (nSPS) is 12.0. The summed E-state index contributed by atoms with van der Waals surface area (Å²) in [6, 6.07) is 0. The molecule has 0 aliphatic carbocycles. The van der Waals surface area contributed by atoms with Crippen LogP contribution in [0.3, 0.4) is 0 Å². The van der Waals surface area contributed by atoms with Gasteiger partial charge in [0.2, 0.25) is 18.2 Å². The molecule has 0 spiro atoms. The Balaban J connectivity index is -0.00000116. The topological polar surface area (TPSA) is 143 Å². The molecule has 186 valence electrons. The molecule has 0 saturated carbocycles. The highest BCUT2D eigenvalue weighted by atomic mass is 16.5. The molecule has 31 heavy (non-hydrogen) atoms. The number of primary amides is 1. The Labute approximate surface area is 189 Å². The van der Waals surface area contributed by atoms with Crippen LogP contribution in [-0.4, -0.2) is 56.2 Å². The van der Waals surface area contributed by atoms with E-state index in [4.69, 9.17) is 14.6 Å². The first-order chi connectivity index (χ1) is 14.2. The quantitative estimate of drug-likeness (QED) is 0.227. The number of carbonyl (C=O) groups is 3. The summed E-state index contributed by atoms with van der Waals surface area (Å²) in [4.78, 5) is 32.5. The molecule has 0 aromatic carbocycles. The Morgan fingerprint density at radius 1 is 1.16 bits per heavy atom. The zero-order valence-corrected chi connectivity index (χ0v) is 21.1. The Morgan fingerprint density at radius 2 is 1.65 bits per heavy atom. The van der Waals surface area contributed by atoms with Gasteiger partial charge < -0.3 is 20.9 Å². The second kappa shape index (κ2) is 19.0. The number of hydrogen-bond acceptors (Lipinski definition) is 6. The Bertz CT molecular complexity index is 483. The fourth-order valence-corrected chi connectivity index (χ4v) is 2.88. The Morgan fingerprint density at radius 3 is 2.06 bits per heavy atom. The smallest absolute Gasteiger partial charge is 0.236 e. The van der Waals surface area contributed by atoms with Crippen molar-refractivity contribution >= 4 is 18.2 Å². The van der Waals surface area contributed by atoms with Crippen molar-refractivity contribution in [3.05, 3.63) is 0 Å². The van der Waals surface area contributed by atoms with Gasteiger partial charge in [-0.15, -0.1) is 0 Å². The van der Waals surface area contributed by atoms with Crippen LogP contribution in [-0.2, 0) is 19.1 Å². The van der Waals surface area contributed by atoms with E-state index in [1.807, 2.05) is 20.8 Å². The number of rotatable bonds is 12. The molecule has 1 unspecified atom stereocenters. The maximum Gasteiger partial charge on any atom is 0.236 e. The highest BCUT2D eigenvalue weighted by Crippen LogP contribution is 2.26. The van der Waals surface area contributed by atoms with E-state index < -0.39 is 5.41 Å². The van der Waals surface area contributed by atoms with Gasteiger partial charge in [-0.1, -0.05) is 41.5 Å². The molecule has 3 amide bonds. The fourth-order valence-electron chi connectivity index (χ4n) is 2.88. The molecule has 6 N–H and O–H groups in total. The van der Waals surface area contributed by atoms with Crippen molar-refractivity contribution in [2.24, 2.45) is 22.5 Å².